The Bertz CT molecular complexity index is 361. The summed E-state index contributed by atoms with van der Waals surface area (Å²) >= 11 is 2.66. The maximum Gasteiger partial charge on any atom is 0.240 e. The molecule has 0 saturated heterocycles. The first-order valence-electron chi connectivity index (χ1n) is 2.88. The van der Waals surface area contributed by atoms with Gasteiger partial charge in [0.05, 0.1) is 4.47 Å². The molecule has 0 spiro atoms. The summed E-state index contributed by atoms with van der Waals surface area (Å²) in [5, 5.41) is 0. The van der Waals surface area contributed by atoms with Crippen LogP contribution in [0.25, 0.3) is 0 Å². The van der Waals surface area contributed by atoms with E-state index in [1.54, 1.807) is 0 Å². The molecule has 0 aliphatic rings. The second-order valence-electron chi connectivity index (χ2n) is 1.90. The van der Waals surface area contributed by atoms with Crippen molar-refractivity contribution in [3.05, 3.63) is 28.2 Å². The summed E-state index contributed by atoms with van der Waals surface area (Å²) < 4.78 is 25.1. The largest absolute Gasteiger partial charge is 0.240 e. The van der Waals surface area contributed by atoms with E-state index in [4.69, 9.17) is 0 Å². The number of benzene rings is 1. The van der Waals surface area contributed by atoms with Crippen LogP contribution in [0.1, 0.15) is 0 Å². The Kier molecular flexibility index (Phi) is 2.68. The van der Waals surface area contributed by atoms with Crippen molar-refractivity contribution < 1.29 is 13.6 Å². The molecule has 0 radical (unpaired) electrons. The van der Waals surface area contributed by atoms with Gasteiger partial charge in [0.2, 0.25) is 6.08 Å². The second-order valence-corrected chi connectivity index (χ2v) is 2.69. The molecule has 0 aromatic heterocycles. The van der Waals surface area contributed by atoms with Gasteiger partial charge in [-0.25, -0.2) is 13.6 Å². The van der Waals surface area contributed by atoms with Crippen LogP contribution in [-0.2, 0) is 4.79 Å². The van der Waals surface area contributed by atoms with Crippen LogP contribution in [0.5, 0.6) is 0 Å². The summed E-state index contributed by atoms with van der Waals surface area (Å²) in [5.74, 6) is -1.64. The molecule has 12 heavy (non-hydrogen) atoms. The maximum atomic E-state index is 12.9. The van der Waals surface area contributed by atoms with E-state index in [1.807, 2.05) is 0 Å². The maximum absolute atomic E-state index is 12.9. The minimum absolute atomic E-state index is 0.238. The molecule has 0 aliphatic carbocycles. The number of hydrogen-bond donors (Lipinski definition) is 0. The SMILES string of the molecule is O=C=Nc1ccc(F)c(Br)c1F. The number of aliphatic imine (C=N–C) groups is 1. The highest BCUT2D eigenvalue weighted by Gasteiger charge is 2.09. The first kappa shape index (κ1) is 9.03. The molecular formula is C7H2BrF2NO. The lowest BCUT2D eigenvalue weighted by Crippen LogP contribution is -1.83. The van der Waals surface area contributed by atoms with Crippen molar-refractivity contribution in [2.75, 3.05) is 0 Å². The van der Waals surface area contributed by atoms with Crippen molar-refractivity contribution >= 4 is 27.7 Å². The highest BCUT2D eigenvalue weighted by molar-refractivity contribution is 9.10. The smallest absolute Gasteiger partial charge is 0.211 e. The fourth-order valence-electron chi connectivity index (χ4n) is 0.651. The third kappa shape index (κ3) is 1.57. The monoisotopic (exact) mass is 233 g/mol. The van der Waals surface area contributed by atoms with Gasteiger partial charge in [-0.1, -0.05) is 0 Å². The Balaban J connectivity index is 3.35. The molecule has 1 aromatic carbocycles. The Morgan fingerprint density at radius 2 is 2.08 bits per heavy atom. The summed E-state index contributed by atoms with van der Waals surface area (Å²) in [6, 6.07) is 2.06. The van der Waals surface area contributed by atoms with Gasteiger partial charge in [-0.05, 0) is 28.1 Å². The van der Waals surface area contributed by atoms with Gasteiger partial charge in [0.25, 0.3) is 0 Å². The number of nitrogens with zero attached hydrogens (tertiary/aromatic N) is 1. The number of isocyanates is 1. The fraction of sp³-hybridized carbons (Fsp3) is 0. The predicted molar refractivity (Wildman–Crippen MR) is 41.8 cm³/mol. The molecule has 1 aromatic rings. The molecule has 0 fully saturated rings. The third-order valence-corrected chi connectivity index (χ3v) is 1.91. The van der Waals surface area contributed by atoms with Crippen molar-refractivity contribution in [2.45, 2.75) is 0 Å². The van der Waals surface area contributed by atoms with Crippen molar-refractivity contribution in [3.63, 3.8) is 0 Å². The van der Waals surface area contributed by atoms with Gasteiger partial charge in [-0.2, -0.15) is 4.99 Å². The summed E-state index contributed by atoms with van der Waals surface area (Å²) in [7, 11) is 0. The lowest BCUT2D eigenvalue weighted by molar-refractivity contribution is 0.561. The molecule has 0 unspecified atom stereocenters. The first-order valence-corrected chi connectivity index (χ1v) is 3.67. The zero-order chi connectivity index (χ0) is 9.14. The van der Waals surface area contributed by atoms with Gasteiger partial charge in [0, 0.05) is 0 Å². The molecule has 1 rings (SSSR count). The van der Waals surface area contributed by atoms with E-state index in [-0.39, 0.29) is 10.2 Å². The van der Waals surface area contributed by atoms with Gasteiger partial charge in [0.15, 0.2) is 5.82 Å². The van der Waals surface area contributed by atoms with Crippen LogP contribution in [-0.4, -0.2) is 6.08 Å². The zero-order valence-electron chi connectivity index (χ0n) is 5.64. The highest BCUT2D eigenvalue weighted by atomic mass is 79.9. The molecule has 0 saturated carbocycles. The van der Waals surface area contributed by atoms with Crippen LogP contribution >= 0.6 is 15.9 Å². The van der Waals surface area contributed by atoms with E-state index in [0.717, 1.165) is 18.2 Å². The Labute approximate surface area is 75.1 Å². The second kappa shape index (κ2) is 3.56. The third-order valence-electron chi connectivity index (χ3n) is 1.18. The van der Waals surface area contributed by atoms with Crippen LogP contribution in [0.3, 0.4) is 0 Å². The minimum Gasteiger partial charge on any atom is -0.211 e. The number of halogens is 3. The number of hydrogen-bond acceptors (Lipinski definition) is 2. The van der Waals surface area contributed by atoms with Gasteiger partial charge < -0.3 is 0 Å². The van der Waals surface area contributed by atoms with E-state index < -0.39 is 11.6 Å². The average Bonchev–Trinajstić information content (AvgIpc) is 2.07. The highest BCUT2D eigenvalue weighted by Crippen LogP contribution is 2.27. The quantitative estimate of drug-likeness (QED) is 0.417. The van der Waals surface area contributed by atoms with Crippen molar-refractivity contribution in [3.8, 4) is 0 Å². The van der Waals surface area contributed by atoms with Crippen molar-refractivity contribution in [2.24, 2.45) is 4.99 Å². The van der Waals surface area contributed by atoms with Crippen LogP contribution in [0.2, 0.25) is 0 Å². The molecule has 0 atom stereocenters. The average molecular weight is 234 g/mol. The van der Waals surface area contributed by atoms with Gasteiger partial charge in [0.1, 0.15) is 11.5 Å². The predicted octanol–water partition coefficient (Wildman–Crippen LogP) is 2.69. The van der Waals surface area contributed by atoms with Crippen molar-refractivity contribution in [1.29, 1.82) is 0 Å². The fourth-order valence-corrected chi connectivity index (χ4v) is 0.987. The molecule has 2 nitrogen and oxygen atoms in total. The lowest BCUT2D eigenvalue weighted by Gasteiger charge is -1.97. The van der Waals surface area contributed by atoms with E-state index in [1.165, 1.54) is 0 Å². The summed E-state index contributed by atoms with van der Waals surface area (Å²) in [6.45, 7) is 0. The van der Waals surface area contributed by atoms with Crippen molar-refractivity contribution in [1.82, 2.24) is 0 Å². The summed E-state index contributed by atoms with van der Waals surface area (Å²) in [6.07, 6.45) is 1.16. The molecule has 0 bridgehead atoms. The molecule has 0 aliphatic heterocycles. The lowest BCUT2D eigenvalue weighted by atomic mass is 10.3. The summed E-state index contributed by atoms with van der Waals surface area (Å²) in [4.78, 5) is 12.8. The van der Waals surface area contributed by atoms with Crippen LogP contribution in [0.15, 0.2) is 21.6 Å². The molecular weight excluding hydrogens is 232 g/mol. The summed E-state index contributed by atoms with van der Waals surface area (Å²) in [5.41, 5.74) is -0.238. The molecule has 0 heterocycles. The van der Waals surface area contributed by atoms with E-state index in [0.29, 0.717) is 0 Å². The van der Waals surface area contributed by atoms with E-state index in [2.05, 4.69) is 20.9 Å². The van der Waals surface area contributed by atoms with Gasteiger partial charge >= 0.3 is 0 Å². The Morgan fingerprint density at radius 3 is 2.67 bits per heavy atom. The minimum atomic E-state index is -0.904. The Hall–Kier alpha value is -1.06. The van der Waals surface area contributed by atoms with E-state index >= 15 is 0 Å². The Morgan fingerprint density at radius 1 is 1.42 bits per heavy atom. The normalized spacial score (nSPS) is 9.25. The van der Waals surface area contributed by atoms with Gasteiger partial charge in [-0.3, -0.25) is 0 Å². The number of rotatable bonds is 1. The molecule has 0 amide bonds. The first-order chi connectivity index (χ1) is 5.66. The van der Waals surface area contributed by atoms with Gasteiger partial charge in [-0.15, -0.1) is 0 Å². The van der Waals surface area contributed by atoms with Crippen LogP contribution < -0.4 is 0 Å². The van der Waals surface area contributed by atoms with Crippen LogP contribution in [0, 0.1) is 11.6 Å². The van der Waals surface area contributed by atoms with E-state index in [9.17, 15) is 13.6 Å². The zero-order valence-corrected chi connectivity index (χ0v) is 7.23. The van der Waals surface area contributed by atoms with Crippen LogP contribution in [0.4, 0.5) is 14.5 Å². The molecule has 5 heteroatoms. The molecule has 0 N–H and O–H groups in total. The standard InChI is InChI=1S/C7H2BrF2NO/c8-6-4(9)1-2-5(7(6)10)11-3-12/h1-2H. The topological polar surface area (TPSA) is 29.4 Å². The molecule has 62 valence electrons. The number of carbonyl (C=O) groups excluding carboxylic acids is 1.